The van der Waals surface area contributed by atoms with E-state index in [4.69, 9.17) is 26.3 Å². The first-order valence-corrected chi connectivity index (χ1v) is 4.90. The molecule has 0 aromatic carbocycles. The van der Waals surface area contributed by atoms with Crippen molar-refractivity contribution < 1.29 is 20.1 Å². The lowest BCUT2D eigenvalue weighted by molar-refractivity contribution is -0.144. The largest absolute Gasteiger partial charge is 0.480 e. The van der Waals surface area contributed by atoms with Crippen LogP contribution in [0.1, 0.15) is 6.42 Å². The number of aliphatic hydroxyl groups excluding tert-OH is 1. The van der Waals surface area contributed by atoms with Gasteiger partial charge in [-0.3, -0.25) is 4.79 Å². The van der Waals surface area contributed by atoms with Gasteiger partial charge in [0.1, 0.15) is 5.54 Å². The van der Waals surface area contributed by atoms with Crippen LogP contribution in [0.2, 0.25) is 0 Å². The molecule has 2 saturated carbocycles. The molecule has 0 heterocycles. The predicted molar refractivity (Wildman–Crippen MR) is 51.6 cm³/mol. The molecule has 2 rings (SSSR count). The zero-order valence-corrected chi connectivity index (χ0v) is 8.37. The minimum atomic E-state index is -1.58. The van der Waals surface area contributed by atoms with Crippen LogP contribution in [0.3, 0.4) is 0 Å². The molecule has 0 radical (unpaired) electrons. The highest BCUT2D eigenvalue weighted by molar-refractivity contribution is 5.82. The van der Waals surface area contributed by atoms with Crippen molar-refractivity contribution in [3.8, 4) is 6.07 Å². The Kier molecular flexibility index (Phi) is 2.27. The van der Waals surface area contributed by atoms with Gasteiger partial charge in [-0.05, 0) is 12.3 Å². The zero-order chi connectivity index (χ0) is 12.1. The molecule has 4 atom stereocenters. The Morgan fingerprint density at radius 3 is 2.75 bits per heavy atom. The first kappa shape index (κ1) is 11.1. The molecule has 0 bridgehead atoms. The van der Waals surface area contributed by atoms with Gasteiger partial charge in [-0.2, -0.15) is 5.26 Å². The van der Waals surface area contributed by atoms with E-state index in [-0.39, 0.29) is 12.3 Å². The molecule has 0 aliphatic heterocycles. The van der Waals surface area contributed by atoms with E-state index in [0.717, 1.165) is 0 Å². The van der Waals surface area contributed by atoms with E-state index < -0.39 is 29.6 Å². The van der Waals surface area contributed by atoms with Crippen LogP contribution in [-0.4, -0.2) is 33.1 Å². The molecular formula is C10H12N2O4. The summed E-state index contributed by atoms with van der Waals surface area (Å²) in [4.78, 5) is 11.1. The van der Waals surface area contributed by atoms with E-state index in [2.05, 4.69) is 0 Å². The number of nitrogens with zero attached hydrogens (tertiary/aromatic N) is 1. The van der Waals surface area contributed by atoms with Gasteiger partial charge in [0.2, 0.25) is 0 Å². The van der Waals surface area contributed by atoms with Crippen LogP contribution in [0.25, 0.3) is 0 Å². The van der Waals surface area contributed by atoms with Crippen LogP contribution in [-0.2, 0) is 4.79 Å². The monoisotopic (exact) mass is 224 g/mol. The Bertz CT molecular complexity index is 412. The SMILES string of the molecule is N#C/C=C1/CC(N)(C(=O)O)C2C1C2C(O)O. The highest BCUT2D eigenvalue weighted by Crippen LogP contribution is 2.64. The molecule has 86 valence electrons. The number of allylic oxidation sites excluding steroid dienone is 1. The number of hydrogen-bond acceptors (Lipinski definition) is 5. The Labute approximate surface area is 91.6 Å². The molecule has 2 aliphatic carbocycles. The van der Waals surface area contributed by atoms with E-state index >= 15 is 0 Å². The number of carboxylic acid groups (broad SMARTS) is 1. The average molecular weight is 224 g/mol. The average Bonchev–Trinajstić information content (AvgIpc) is 2.85. The van der Waals surface area contributed by atoms with Gasteiger partial charge in [-0.1, -0.05) is 5.57 Å². The van der Waals surface area contributed by atoms with E-state index in [0.29, 0.717) is 5.57 Å². The number of aliphatic hydroxyl groups is 2. The van der Waals surface area contributed by atoms with Crippen molar-refractivity contribution in [1.82, 2.24) is 0 Å². The Balaban J connectivity index is 2.33. The Hall–Kier alpha value is -1.42. The molecule has 6 heteroatoms. The molecule has 5 N–H and O–H groups in total. The van der Waals surface area contributed by atoms with E-state index in [1.807, 2.05) is 6.07 Å². The third-order valence-electron chi connectivity index (χ3n) is 3.59. The molecule has 2 aliphatic rings. The quantitative estimate of drug-likeness (QED) is 0.344. The van der Waals surface area contributed by atoms with Crippen LogP contribution in [0.5, 0.6) is 0 Å². The first-order chi connectivity index (χ1) is 7.43. The van der Waals surface area contributed by atoms with Crippen molar-refractivity contribution in [1.29, 1.82) is 5.26 Å². The zero-order valence-electron chi connectivity index (χ0n) is 8.37. The van der Waals surface area contributed by atoms with Crippen LogP contribution in [0, 0.1) is 29.1 Å². The number of carboxylic acids is 1. The number of aliphatic carboxylic acids is 1. The number of hydrogen-bond donors (Lipinski definition) is 4. The fourth-order valence-electron chi connectivity index (χ4n) is 2.87. The summed E-state index contributed by atoms with van der Waals surface area (Å²) in [6, 6.07) is 1.83. The third kappa shape index (κ3) is 1.26. The second-order valence-corrected chi connectivity index (χ2v) is 4.41. The maximum Gasteiger partial charge on any atom is 0.324 e. The summed E-state index contributed by atoms with van der Waals surface area (Å²) in [7, 11) is 0. The van der Waals surface area contributed by atoms with Crippen LogP contribution in [0.4, 0.5) is 0 Å². The minimum absolute atomic E-state index is 0.106. The van der Waals surface area contributed by atoms with Crippen molar-refractivity contribution in [2.24, 2.45) is 23.5 Å². The van der Waals surface area contributed by atoms with E-state index in [1.165, 1.54) is 6.08 Å². The van der Waals surface area contributed by atoms with Crippen molar-refractivity contribution in [3.63, 3.8) is 0 Å². The molecule has 0 spiro atoms. The summed E-state index contributed by atoms with van der Waals surface area (Å²) >= 11 is 0. The second kappa shape index (κ2) is 3.28. The number of rotatable bonds is 2. The fourth-order valence-corrected chi connectivity index (χ4v) is 2.87. The molecule has 16 heavy (non-hydrogen) atoms. The summed E-state index contributed by atoms with van der Waals surface area (Å²) in [5.74, 6) is -2.48. The van der Waals surface area contributed by atoms with Gasteiger partial charge < -0.3 is 21.1 Å². The lowest BCUT2D eigenvalue weighted by Crippen LogP contribution is -2.49. The standard InChI is InChI=1S/C10H12N2O4/c11-2-1-4-3-10(12,9(15)16)7-5(4)6(7)8(13)14/h1,5-8,13-14H,3,12H2,(H,15,16)/b4-1-. The van der Waals surface area contributed by atoms with Gasteiger partial charge in [0.15, 0.2) is 6.29 Å². The minimum Gasteiger partial charge on any atom is -0.480 e. The first-order valence-electron chi connectivity index (χ1n) is 4.90. The molecular weight excluding hydrogens is 212 g/mol. The second-order valence-electron chi connectivity index (χ2n) is 4.41. The third-order valence-corrected chi connectivity index (χ3v) is 3.59. The fraction of sp³-hybridized carbons (Fsp3) is 0.600. The van der Waals surface area contributed by atoms with Gasteiger partial charge in [0.05, 0.1) is 6.07 Å². The van der Waals surface area contributed by atoms with Crippen LogP contribution >= 0.6 is 0 Å². The van der Waals surface area contributed by atoms with Gasteiger partial charge in [0.25, 0.3) is 0 Å². The number of fused-ring (bicyclic) bond motifs is 1. The lowest BCUT2D eigenvalue weighted by atomic mass is 9.90. The molecule has 0 saturated heterocycles. The normalized spacial score (nSPS) is 43.2. The number of nitrogens with two attached hydrogens (primary N) is 1. The van der Waals surface area contributed by atoms with Crippen molar-refractivity contribution >= 4 is 5.97 Å². The van der Waals surface area contributed by atoms with Gasteiger partial charge in [-0.15, -0.1) is 0 Å². The topological polar surface area (TPSA) is 128 Å². The molecule has 2 fully saturated rings. The molecule has 0 aromatic rings. The van der Waals surface area contributed by atoms with Crippen molar-refractivity contribution in [2.75, 3.05) is 0 Å². The maximum absolute atomic E-state index is 11.1. The predicted octanol–water partition coefficient (Wildman–Crippen LogP) is -1.20. The summed E-state index contributed by atoms with van der Waals surface area (Å²) < 4.78 is 0. The van der Waals surface area contributed by atoms with Crippen LogP contribution in [0.15, 0.2) is 11.6 Å². The Morgan fingerprint density at radius 2 is 2.31 bits per heavy atom. The molecule has 0 amide bonds. The Morgan fingerprint density at radius 1 is 1.69 bits per heavy atom. The highest BCUT2D eigenvalue weighted by atomic mass is 16.5. The van der Waals surface area contributed by atoms with Gasteiger partial charge >= 0.3 is 5.97 Å². The van der Waals surface area contributed by atoms with E-state index in [9.17, 15) is 4.79 Å². The lowest BCUT2D eigenvalue weighted by Gasteiger charge is -2.23. The summed E-state index contributed by atoms with van der Waals surface area (Å²) in [6.07, 6.45) is -0.217. The van der Waals surface area contributed by atoms with Gasteiger partial charge in [0, 0.05) is 17.9 Å². The summed E-state index contributed by atoms with van der Waals surface area (Å²) in [5.41, 5.74) is 4.90. The number of nitriles is 1. The van der Waals surface area contributed by atoms with Crippen LogP contribution < -0.4 is 5.73 Å². The smallest absolute Gasteiger partial charge is 0.324 e. The summed E-state index contributed by atoms with van der Waals surface area (Å²) in [6.45, 7) is 0. The maximum atomic E-state index is 11.1. The molecule has 6 nitrogen and oxygen atoms in total. The summed E-state index contributed by atoms with van der Waals surface area (Å²) in [5, 5.41) is 35.8. The van der Waals surface area contributed by atoms with Gasteiger partial charge in [-0.25, -0.2) is 0 Å². The number of carbonyl (C=O) groups is 1. The van der Waals surface area contributed by atoms with Crippen molar-refractivity contribution in [3.05, 3.63) is 11.6 Å². The molecule has 0 aromatic heterocycles. The highest BCUT2D eigenvalue weighted by Gasteiger charge is 2.71. The molecule has 4 unspecified atom stereocenters. The van der Waals surface area contributed by atoms with E-state index in [1.54, 1.807) is 0 Å². The van der Waals surface area contributed by atoms with Crippen molar-refractivity contribution in [2.45, 2.75) is 18.2 Å².